The van der Waals surface area contributed by atoms with E-state index in [1.54, 1.807) is 41.5 Å². The number of nitrogens with two attached hydrogens (primary N) is 1. The van der Waals surface area contributed by atoms with Gasteiger partial charge in [-0.1, -0.05) is 47.6 Å². The molecule has 9 N–H and O–H groups in total. The molecule has 19 heteroatoms. The van der Waals surface area contributed by atoms with Crippen molar-refractivity contribution < 1.29 is 52.6 Å². The van der Waals surface area contributed by atoms with Gasteiger partial charge in [-0.25, -0.2) is 4.79 Å². The zero-order chi connectivity index (χ0) is 43.4. The molecular formula is C39H60N8O11. The number of hydrogen-bond donors (Lipinski definition) is 8. The third-order valence-electron chi connectivity index (χ3n) is 8.97. The lowest BCUT2D eigenvalue weighted by atomic mass is 10.0. The van der Waals surface area contributed by atoms with Gasteiger partial charge in [0.25, 0.3) is 5.91 Å². The molecule has 0 aromatic heterocycles. The Morgan fingerprint density at radius 3 is 2.21 bits per heavy atom. The molecule has 2 rings (SSSR count). The smallest absolute Gasteiger partial charge is 0.312 e. The van der Waals surface area contributed by atoms with Crippen molar-refractivity contribution in [3.63, 3.8) is 0 Å². The summed E-state index contributed by atoms with van der Waals surface area (Å²) in [5.41, 5.74) is 5.78. The SMILES string of the molecule is CC(C)C(=O)CCOCCC(=O)N[C@H]1CCC(=O)NCCNC(=O)c2cc(ccc2COC(=O)C(C)C)NC(=O)[C@H](CCCNC(N)=O)NC(=O)[C@H](C(C)C)NC1=O. The topological polar surface area (TPSA) is 282 Å². The molecule has 1 aliphatic heterocycles. The fraction of sp³-hybridized carbons (Fsp3) is 0.615. The van der Waals surface area contributed by atoms with Crippen molar-refractivity contribution >= 4 is 58.9 Å². The summed E-state index contributed by atoms with van der Waals surface area (Å²) in [6.07, 6.45) is -0.0952. The molecule has 0 saturated carbocycles. The summed E-state index contributed by atoms with van der Waals surface area (Å²) < 4.78 is 10.8. The number of hydrogen-bond acceptors (Lipinski definition) is 11. The number of nitrogens with one attached hydrogen (secondary N) is 7. The van der Waals surface area contributed by atoms with E-state index in [0.29, 0.717) is 5.56 Å². The predicted octanol–water partition coefficient (Wildman–Crippen LogP) is 0.545. The highest BCUT2D eigenvalue weighted by Gasteiger charge is 2.32. The molecule has 58 heavy (non-hydrogen) atoms. The van der Waals surface area contributed by atoms with Crippen molar-refractivity contribution in [2.24, 2.45) is 23.5 Å². The average Bonchev–Trinajstić information content (AvgIpc) is 3.16. The number of ketones is 1. The first-order chi connectivity index (χ1) is 27.4. The molecule has 0 unspecified atom stereocenters. The predicted molar refractivity (Wildman–Crippen MR) is 212 cm³/mol. The second-order valence-corrected chi connectivity index (χ2v) is 14.8. The first-order valence-electron chi connectivity index (χ1n) is 19.6. The quantitative estimate of drug-likeness (QED) is 0.0842. The number of amides is 8. The second kappa shape index (κ2) is 24.9. The van der Waals surface area contributed by atoms with Gasteiger partial charge < -0.3 is 52.4 Å². The van der Waals surface area contributed by atoms with Crippen LogP contribution in [-0.2, 0) is 49.6 Å². The normalized spacial score (nSPS) is 18.6. The van der Waals surface area contributed by atoms with Gasteiger partial charge in [0.05, 0.1) is 19.1 Å². The minimum atomic E-state index is -1.26. The number of urea groups is 1. The van der Waals surface area contributed by atoms with Gasteiger partial charge in [0.15, 0.2) is 0 Å². The number of rotatable bonds is 16. The van der Waals surface area contributed by atoms with E-state index in [0.717, 1.165) is 0 Å². The van der Waals surface area contributed by atoms with Crippen LogP contribution in [0.1, 0.15) is 96.0 Å². The number of ether oxygens (including phenoxy) is 2. The minimum absolute atomic E-state index is 0.000424. The van der Waals surface area contributed by atoms with Crippen molar-refractivity contribution in [3.05, 3.63) is 29.3 Å². The molecule has 0 aliphatic carbocycles. The number of fused-ring (bicyclic) bond motifs is 2. The van der Waals surface area contributed by atoms with E-state index >= 15 is 0 Å². The van der Waals surface area contributed by atoms with E-state index in [1.807, 2.05) is 0 Å². The Bertz CT molecular complexity index is 1630. The number of benzene rings is 1. The Morgan fingerprint density at radius 2 is 1.55 bits per heavy atom. The van der Waals surface area contributed by atoms with Crippen LogP contribution in [0.25, 0.3) is 0 Å². The lowest BCUT2D eigenvalue weighted by Crippen LogP contribution is -2.58. The molecule has 0 spiro atoms. The number of Topliss-reactive ketones (excluding diaryl/α,β-unsaturated/α-hetero) is 1. The molecular weight excluding hydrogens is 756 g/mol. The van der Waals surface area contributed by atoms with Crippen molar-refractivity contribution in [3.8, 4) is 0 Å². The van der Waals surface area contributed by atoms with E-state index in [2.05, 4.69) is 37.2 Å². The first-order valence-corrected chi connectivity index (χ1v) is 19.6. The van der Waals surface area contributed by atoms with Crippen LogP contribution >= 0.6 is 0 Å². The molecule has 0 radical (unpaired) electrons. The summed E-state index contributed by atoms with van der Waals surface area (Å²) in [5.74, 6) is -5.33. The van der Waals surface area contributed by atoms with Gasteiger partial charge in [0, 0.05) is 61.6 Å². The first kappa shape index (κ1) is 48.6. The zero-order valence-electron chi connectivity index (χ0n) is 34.2. The van der Waals surface area contributed by atoms with Crippen LogP contribution in [-0.4, -0.2) is 104 Å². The number of primary amides is 1. The fourth-order valence-corrected chi connectivity index (χ4v) is 5.47. The largest absolute Gasteiger partial charge is 0.461 e. The minimum Gasteiger partial charge on any atom is -0.461 e. The van der Waals surface area contributed by atoms with E-state index < -0.39 is 77.4 Å². The van der Waals surface area contributed by atoms with Gasteiger partial charge in [-0.15, -0.1) is 0 Å². The zero-order valence-corrected chi connectivity index (χ0v) is 34.2. The summed E-state index contributed by atoms with van der Waals surface area (Å²) >= 11 is 0. The third kappa shape index (κ3) is 17.7. The fourth-order valence-electron chi connectivity index (χ4n) is 5.47. The highest BCUT2D eigenvalue weighted by atomic mass is 16.5. The highest BCUT2D eigenvalue weighted by Crippen LogP contribution is 2.19. The Kier molecular flexibility index (Phi) is 20.9. The van der Waals surface area contributed by atoms with Gasteiger partial charge in [-0.05, 0) is 37.3 Å². The third-order valence-corrected chi connectivity index (χ3v) is 8.97. The Labute approximate surface area is 338 Å². The summed E-state index contributed by atoms with van der Waals surface area (Å²) in [6.45, 7) is 10.2. The van der Waals surface area contributed by atoms with E-state index in [-0.39, 0.29) is 101 Å². The number of anilines is 1. The maximum absolute atomic E-state index is 13.8. The standard InChI is InChI=1S/C39H60N8O11/c1-22(2)30(48)13-18-57-19-14-32(50)45-29-11-12-31(49)41-16-17-42-34(51)27-20-26(10-9-25(27)21-58-38(55)24(5)6)44-35(52)28(8-7-15-43-39(40)56)46-37(54)33(23(3)4)47-36(29)53/h9-10,20,22-24,28-29,33H,7-8,11-19,21H2,1-6H3,(H,41,49)(H,42,51)(H,44,52)(H,45,50)(H,46,54)(H,47,53)(H3,40,43,56)/t28-,29-,33-/m0/s1. The summed E-state index contributed by atoms with van der Waals surface area (Å²) in [4.78, 5) is 116. The molecule has 1 aromatic carbocycles. The van der Waals surface area contributed by atoms with E-state index in [4.69, 9.17) is 15.2 Å². The lowest BCUT2D eigenvalue weighted by Gasteiger charge is -2.27. The molecule has 19 nitrogen and oxygen atoms in total. The van der Waals surface area contributed by atoms with Crippen molar-refractivity contribution in [1.29, 1.82) is 0 Å². The Morgan fingerprint density at radius 1 is 0.862 bits per heavy atom. The molecule has 1 aromatic rings. The van der Waals surface area contributed by atoms with Gasteiger partial charge in [0.2, 0.25) is 29.5 Å². The monoisotopic (exact) mass is 816 g/mol. The number of carbonyl (C=O) groups excluding carboxylic acids is 9. The molecule has 322 valence electrons. The van der Waals surface area contributed by atoms with E-state index in [9.17, 15) is 43.2 Å². The molecule has 1 heterocycles. The molecule has 2 bridgehead atoms. The second-order valence-electron chi connectivity index (χ2n) is 14.8. The van der Waals surface area contributed by atoms with Crippen LogP contribution in [0.4, 0.5) is 10.5 Å². The molecule has 1 aliphatic rings. The van der Waals surface area contributed by atoms with E-state index in [1.165, 1.54) is 18.2 Å². The average molecular weight is 817 g/mol. The van der Waals surface area contributed by atoms with Crippen molar-refractivity contribution in [2.45, 2.75) is 105 Å². The lowest BCUT2D eigenvalue weighted by molar-refractivity contribution is -0.148. The summed E-state index contributed by atoms with van der Waals surface area (Å²) in [7, 11) is 0. The summed E-state index contributed by atoms with van der Waals surface area (Å²) in [6, 6.07) is -0.0336. The van der Waals surface area contributed by atoms with Gasteiger partial charge >= 0.3 is 12.0 Å². The maximum Gasteiger partial charge on any atom is 0.312 e. The summed E-state index contributed by atoms with van der Waals surface area (Å²) in [5, 5.41) is 18.4. The van der Waals surface area contributed by atoms with Crippen LogP contribution in [0.15, 0.2) is 18.2 Å². The number of carbonyl (C=O) groups is 9. The van der Waals surface area contributed by atoms with Crippen LogP contribution < -0.4 is 43.0 Å². The van der Waals surface area contributed by atoms with Crippen LogP contribution in [0.3, 0.4) is 0 Å². The van der Waals surface area contributed by atoms with Crippen LogP contribution in [0, 0.1) is 17.8 Å². The van der Waals surface area contributed by atoms with Crippen LogP contribution in [0.5, 0.6) is 0 Å². The highest BCUT2D eigenvalue weighted by molar-refractivity contribution is 6.01. The van der Waals surface area contributed by atoms with Gasteiger partial charge in [-0.2, -0.15) is 0 Å². The van der Waals surface area contributed by atoms with Crippen LogP contribution in [0.2, 0.25) is 0 Å². The molecule has 8 amide bonds. The molecule has 0 fully saturated rings. The molecule has 3 atom stereocenters. The van der Waals surface area contributed by atoms with Crippen molar-refractivity contribution in [2.75, 3.05) is 38.2 Å². The van der Waals surface area contributed by atoms with Gasteiger partial charge in [0.1, 0.15) is 30.5 Å². The number of esters is 1. The van der Waals surface area contributed by atoms with Crippen molar-refractivity contribution in [1.82, 2.24) is 31.9 Å². The molecule has 0 saturated heterocycles. The Balaban J connectivity index is 2.40. The maximum atomic E-state index is 13.8. The Hall–Kier alpha value is -5.59. The van der Waals surface area contributed by atoms with Gasteiger partial charge in [-0.3, -0.25) is 38.4 Å².